The van der Waals surface area contributed by atoms with Crippen LogP contribution in [0, 0.1) is 17.8 Å². The van der Waals surface area contributed by atoms with Crippen LogP contribution in [-0.4, -0.2) is 60.7 Å². The first-order valence-corrected chi connectivity index (χ1v) is 11.2. The summed E-state index contributed by atoms with van der Waals surface area (Å²) in [4.78, 5) is 16.9. The maximum atomic E-state index is 4.64. The van der Waals surface area contributed by atoms with E-state index in [2.05, 4.69) is 44.6 Å². The van der Waals surface area contributed by atoms with Crippen LogP contribution in [0.2, 0.25) is 0 Å². The normalized spacial score (nSPS) is 28.5. The lowest BCUT2D eigenvalue weighted by atomic mass is 9.94. The molecule has 3 fully saturated rings. The first-order chi connectivity index (χ1) is 13.2. The number of rotatable bonds is 4. The summed E-state index contributed by atoms with van der Waals surface area (Å²) in [5.41, 5.74) is 0. The molecule has 5 nitrogen and oxygen atoms in total. The third-order valence-electron chi connectivity index (χ3n) is 6.85. The van der Waals surface area contributed by atoms with Gasteiger partial charge in [-0.25, -0.2) is 9.97 Å². The zero-order valence-electron chi connectivity index (χ0n) is 17.3. The van der Waals surface area contributed by atoms with E-state index in [1.165, 1.54) is 58.2 Å². The molecule has 0 bridgehead atoms. The number of likely N-dealkylation sites (tertiary alicyclic amines) is 1. The Morgan fingerprint density at radius 2 is 1.48 bits per heavy atom. The molecule has 1 aromatic heterocycles. The van der Waals surface area contributed by atoms with Crippen LogP contribution >= 0.6 is 0 Å². The highest BCUT2D eigenvalue weighted by molar-refractivity contribution is 5.50. The Morgan fingerprint density at radius 1 is 0.815 bits per heavy atom. The van der Waals surface area contributed by atoms with E-state index in [-0.39, 0.29) is 0 Å². The standard InChI is InChI=1S/C22H37N5/c1-18-7-11-25(12-8-18)15-20-6-4-10-27(16-20)22-13-21(23-17-24-22)26-9-3-5-19(2)14-26/h13,17-20H,3-12,14-16H2,1-2H3. The van der Waals surface area contributed by atoms with Crippen LogP contribution in [0.15, 0.2) is 12.4 Å². The van der Waals surface area contributed by atoms with Crippen LogP contribution in [0.4, 0.5) is 11.6 Å². The summed E-state index contributed by atoms with van der Waals surface area (Å²) in [6, 6.07) is 2.24. The second-order valence-electron chi connectivity index (χ2n) is 9.37. The van der Waals surface area contributed by atoms with Crippen molar-refractivity contribution in [1.29, 1.82) is 0 Å². The van der Waals surface area contributed by atoms with Gasteiger partial charge in [0, 0.05) is 38.8 Å². The molecular weight excluding hydrogens is 334 g/mol. The summed E-state index contributed by atoms with van der Waals surface area (Å²) in [6.07, 6.45) is 9.80. The van der Waals surface area contributed by atoms with Gasteiger partial charge in [-0.3, -0.25) is 0 Å². The van der Waals surface area contributed by atoms with Crippen molar-refractivity contribution in [3.8, 4) is 0 Å². The minimum atomic E-state index is 0.767. The molecule has 0 radical (unpaired) electrons. The molecule has 4 rings (SSSR count). The van der Waals surface area contributed by atoms with Gasteiger partial charge >= 0.3 is 0 Å². The van der Waals surface area contributed by atoms with Crippen LogP contribution < -0.4 is 9.80 Å². The van der Waals surface area contributed by atoms with E-state index in [1.807, 2.05) is 0 Å². The predicted octanol–water partition coefficient (Wildman–Crippen LogP) is 3.66. The average Bonchev–Trinajstić information content (AvgIpc) is 2.70. The lowest BCUT2D eigenvalue weighted by Gasteiger charge is -2.38. The zero-order valence-corrected chi connectivity index (χ0v) is 17.3. The number of hydrogen-bond donors (Lipinski definition) is 0. The van der Waals surface area contributed by atoms with E-state index in [9.17, 15) is 0 Å². The fraction of sp³-hybridized carbons (Fsp3) is 0.818. The van der Waals surface area contributed by atoms with Crippen LogP contribution in [0.25, 0.3) is 0 Å². The Kier molecular flexibility index (Phi) is 6.16. The number of anilines is 2. The molecule has 4 heterocycles. The molecule has 0 amide bonds. The molecule has 1 aromatic rings. The molecule has 2 unspecified atom stereocenters. The maximum Gasteiger partial charge on any atom is 0.134 e. The minimum absolute atomic E-state index is 0.767. The average molecular weight is 372 g/mol. The van der Waals surface area contributed by atoms with Gasteiger partial charge in [0.05, 0.1) is 0 Å². The van der Waals surface area contributed by atoms with Crippen molar-refractivity contribution in [1.82, 2.24) is 14.9 Å². The van der Waals surface area contributed by atoms with Crippen LogP contribution in [0.3, 0.4) is 0 Å². The minimum Gasteiger partial charge on any atom is -0.356 e. The van der Waals surface area contributed by atoms with E-state index >= 15 is 0 Å². The van der Waals surface area contributed by atoms with Crippen molar-refractivity contribution in [2.75, 3.05) is 55.6 Å². The molecule has 0 N–H and O–H groups in total. The summed E-state index contributed by atoms with van der Waals surface area (Å²) < 4.78 is 0. The molecule has 0 aliphatic carbocycles. The van der Waals surface area contributed by atoms with Gasteiger partial charge in [-0.15, -0.1) is 0 Å². The Morgan fingerprint density at radius 3 is 2.19 bits per heavy atom. The van der Waals surface area contributed by atoms with Gasteiger partial charge in [0.2, 0.25) is 0 Å². The van der Waals surface area contributed by atoms with Crippen molar-refractivity contribution in [3.05, 3.63) is 12.4 Å². The summed E-state index contributed by atoms with van der Waals surface area (Å²) >= 11 is 0. The first-order valence-electron chi connectivity index (χ1n) is 11.2. The maximum absolute atomic E-state index is 4.64. The number of hydrogen-bond acceptors (Lipinski definition) is 5. The van der Waals surface area contributed by atoms with Gasteiger partial charge in [0.25, 0.3) is 0 Å². The molecule has 2 atom stereocenters. The van der Waals surface area contributed by atoms with Crippen molar-refractivity contribution in [2.24, 2.45) is 17.8 Å². The van der Waals surface area contributed by atoms with Gasteiger partial charge in [0.1, 0.15) is 18.0 Å². The summed E-state index contributed by atoms with van der Waals surface area (Å²) in [6.45, 7) is 13.2. The van der Waals surface area contributed by atoms with Gasteiger partial charge in [-0.05, 0) is 69.4 Å². The Bertz CT molecular complexity index is 598. The zero-order chi connectivity index (χ0) is 18.6. The molecule has 150 valence electrons. The smallest absolute Gasteiger partial charge is 0.134 e. The lowest BCUT2D eigenvalue weighted by Crippen LogP contribution is -2.43. The largest absolute Gasteiger partial charge is 0.356 e. The second kappa shape index (κ2) is 8.76. The third kappa shape index (κ3) is 4.92. The molecule has 27 heavy (non-hydrogen) atoms. The van der Waals surface area contributed by atoms with Crippen LogP contribution in [0.1, 0.15) is 52.4 Å². The predicted molar refractivity (Wildman–Crippen MR) is 112 cm³/mol. The number of aromatic nitrogens is 2. The monoisotopic (exact) mass is 371 g/mol. The molecule has 0 spiro atoms. The molecule has 5 heteroatoms. The molecule has 0 saturated carbocycles. The molecule has 3 aliphatic heterocycles. The second-order valence-corrected chi connectivity index (χ2v) is 9.37. The first kappa shape index (κ1) is 19.0. The summed E-state index contributed by atoms with van der Waals surface area (Å²) in [5, 5.41) is 0. The SMILES string of the molecule is CC1CCN(CC2CCCN(c3cc(N4CCCC(C)C4)ncn3)C2)CC1. The van der Waals surface area contributed by atoms with Gasteiger partial charge in [-0.2, -0.15) is 0 Å². The van der Waals surface area contributed by atoms with E-state index in [4.69, 9.17) is 0 Å². The summed E-state index contributed by atoms with van der Waals surface area (Å²) in [7, 11) is 0. The molecule has 0 aromatic carbocycles. The van der Waals surface area contributed by atoms with Crippen LogP contribution in [0.5, 0.6) is 0 Å². The summed E-state index contributed by atoms with van der Waals surface area (Å²) in [5.74, 6) is 4.72. The number of nitrogens with zero attached hydrogens (tertiary/aromatic N) is 5. The van der Waals surface area contributed by atoms with E-state index < -0.39 is 0 Å². The quantitative estimate of drug-likeness (QED) is 0.807. The molecule has 3 aliphatic rings. The Balaban J connectivity index is 1.37. The van der Waals surface area contributed by atoms with Crippen molar-refractivity contribution in [2.45, 2.75) is 52.4 Å². The van der Waals surface area contributed by atoms with Crippen molar-refractivity contribution in [3.63, 3.8) is 0 Å². The highest BCUT2D eigenvalue weighted by atomic mass is 15.2. The van der Waals surface area contributed by atoms with E-state index in [1.54, 1.807) is 6.33 Å². The van der Waals surface area contributed by atoms with Crippen LogP contribution in [-0.2, 0) is 0 Å². The van der Waals surface area contributed by atoms with Crippen molar-refractivity contribution < 1.29 is 0 Å². The fourth-order valence-corrected chi connectivity index (χ4v) is 5.11. The third-order valence-corrected chi connectivity index (χ3v) is 6.85. The van der Waals surface area contributed by atoms with Crippen molar-refractivity contribution >= 4 is 11.6 Å². The Hall–Kier alpha value is -1.36. The number of piperidine rings is 3. The highest BCUT2D eigenvalue weighted by Crippen LogP contribution is 2.27. The molecule has 3 saturated heterocycles. The van der Waals surface area contributed by atoms with E-state index in [0.717, 1.165) is 55.6 Å². The fourth-order valence-electron chi connectivity index (χ4n) is 5.11. The topological polar surface area (TPSA) is 35.5 Å². The van der Waals surface area contributed by atoms with Gasteiger partial charge in [0.15, 0.2) is 0 Å². The molecular formula is C22H37N5. The van der Waals surface area contributed by atoms with Gasteiger partial charge < -0.3 is 14.7 Å². The highest BCUT2D eigenvalue weighted by Gasteiger charge is 2.25. The Labute approximate surface area is 165 Å². The van der Waals surface area contributed by atoms with E-state index in [0.29, 0.717) is 0 Å². The lowest BCUT2D eigenvalue weighted by molar-refractivity contribution is 0.159. The van der Waals surface area contributed by atoms with Gasteiger partial charge in [-0.1, -0.05) is 13.8 Å².